The van der Waals surface area contributed by atoms with Crippen LogP contribution in [0.25, 0.3) is 10.9 Å². The molecule has 0 saturated heterocycles. The normalized spacial score (nSPS) is 10.8. The molecule has 108 valence electrons. The molecule has 20 heavy (non-hydrogen) atoms. The first-order valence-corrected chi connectivity index (χ1v) is 7.59. The molecule has 0 spiro atoms. The van der Waals surface area contributed by atoms with Crippen LogP contribution in [0, 0.1) is 0 Å². The van der Waals surface area contributed by atoms with Crippen LogP contribution < -0.4 is 10.2 Å². The minimum absolute atomic E-state index is 1.03. The van der Waals surface area contributed by atoms with Crippen LogP contribution in [0.4, 0.5) is 11.4 Å². The van der Waals surface area contributed by atoms with E-state index in [1.54, 1.807) is 0 Å². The average Bonchev–Trinajstić information content (AvgIpc) is 2.48. The number of aryl methyl sites for hydroxylation is 1. The molecule has 0 fully saturated rings. The van der Waals surface area contributed by atoms with Crippen molar-refractivity contribution in [3.05, 3.63) is 30.0 Å². The fourth-order valence-electron chi connectivity index (χ4n) is 2.65. The van der Waals surface area contributed by atoms with Crippen molar-refractivity contribution in [2.45, 2.75) is 33.6 Å². The third kappa shape index (κ3) is 2.87. The van der Waals surface area contributed by atoms with E-state index in [-0.39, 0.29) is 0 Å². The molecular formula is C17H25N3. The molecule has 2 rings (SSSR count). The molecule has 3 nitrogen and oxygen atoms in total. The Morgan fingerprint density at radius 2 is 1.85 bits per heavy atom. The van der Waals surface area contributed by atoms with E-state index >= 15 is 0 Å². The lowest BCUT2D eigenvalue weighted by atomic mass is 10.1. The molecule has 0 saturated carbocycles. The summed E-state index contributed by atoms with van der Waals surface area (Å²) in [5, 5.41) is 4.52. The minimum Gasteiger partial charge on any atom is -0.388 e. The van der Waals surface area contributed by atoms with Crippen molar-refractivity contribution in [2.75, 3.05) is 30.4 Å². The number of hydrogen-bond acceptors (Lipinski definition) is 3. The molecular weight excluding hydrogens is 246 g/mol. The van der Waals surface area contributed by atoms with Crippen molar-refractivity contribution < 1.29 is 0 Å². The molecule has 1 aromatic carbocycles. The van der Waals surface area contributed by atoms with Crippen molar-refractivity contribution >= 4 is 22.3 Å². The molecule has 0 radical (unpaired) electrons. The summed E-state index contributed by atoms with van der Waals surface area (Å²) >= 11 is 0. The number of fused-ring (bicyclic) bond motifs is 1. The van der Waals surface area contributed by atoms with Crippen molar-refractivity contribution in [1.82, 2.24) is 4.98 Å². The molecule has 0 unspecified atom stereocenters. The maximum Gasteiger partial charge on any atom is 0.0727 e. The van der Waals surface area contributed by atoms with E-state index in [2.05, 4.69) is 55.3 Å². The Balaban J connectivity index is 2.53. The molecule has 1 N–H and O–H groups in total. The largest absolute Gasteiger partial charge is 0.388 e. The van der Waals surface area contributed by atoms with E-state index in [9.17, 15) is 0 Å². The van der Waals surface area contributed by atoms with E-state index in [0.717, 1.165) is 31.4 Å². The maximum absolute atomic E-state index is 4.77. The standard InChI is InChI=1S/C17H25N3/c1-5-8-13-11-17(18-4)15-12-14(20(6-2)7-3)9-10-16(15)19-13/h9-12H,5-8H2,1-4H3,(H,18,19). The van der Waals surface area contributed by atoms with E-state index in [0.29, 0.717) is 0 Å². The Kier molecular flexibility index (Phi) is 4.83. The van der Waals surface area contributed by atoms with E-state index in [1.807, 2.05) is 7.05 Å². The van der Waals surface area contributed by atoms with Crippen molar-refractivity contribution in [2.24, 2.45) is 0 Å². The monoisotopic (exact) mass is 271 g/mol. The lowest BCUT2D eigenvalue weighted by molar-refractivity contribution is 0.867. The van der Waals surface area contributed by atoms with Gasteiger partial charge in [-0.05, 0) is 44.5 Å². The summed E-state index contributed by atoms with van der Waals surface area (Å²) in [5.74, 6) is 0. The summed E-state index contributed by atoms with van der Waals surface area (Å²) in [7, 11) is 1.98. The zero-order chi connectivity index (χ0) is 14.5. The number of nitrogens with one attached hydrogen (secondary N) is 1. The molecule has 0 atom stereocenters. The van der Waals surface area contributed by atoms with Gasteiger partial charge in [0, 0.05) is 42.6 Å². The summed E-state index contributed by atoms with van der Waals surface area (Å²) < 4.78 is 0. The van der Waals surface area contributed by atoms with E-state index in [4.69, 9.17) is 4.98 Å². The Morgan fingerprint density at radius 3 is 2.45 bits per heavy atom. The fourth-order valence-corrected chi connectivity index (χ4v) is 2.65. The summed E-state index contributed by atoms with van der Waals surface area (Å²) in [5.41, 5.74) is 4.69. The first kappa shape index (κ1) is 14.6. The molecule has 1 heterocycles. The van der Waals surface area contributed by atoms with Gasteiger partial charge in [-0.1, -0.05) is 13.3 Å². The highest BCUT2D eigenvalue weighted by Gasteiger charge is 2.08. The molecule has 0 aliphatic carbocycles. The third-order valence-electron chi connectivity index (χ3n) is 3.75. The first-order valence-electron chi connectivity index (χ1n) is 7.59. The van der Waals surface area contributed by atoms with Gasteiger partial charge in [-0.3, -0.25) is 4.98 Å². The molecule has 2 aromatic rings. The lowest BCUT2D eigenvalue weighted by Gasteiger charge is -2.22. The molecule has 0 amide bonds. The Morgan fingerprint density at radius 1 is 1.10 bits per heavy atom. The molecule has 0 aliphatic heterocycles. The van der Waals surface area contributed by atoms with E-state index < -0.39 is 0 Å². The maximum atomic E-state index is 4.77. The van der Waals surface area contributed by atoms with Crippen molar-refractivity contribution in [3.63, 3.8) is 0 Å². The average molecular weight is 271 g/mol. The number of hydrogen-bond donors (Lipinski definition) is 1. The van der Waals surface area contributed by atoms with Gasteiger partial charge in [0.25, 0.3) is 0 Å². The quantitative estimate of drug-likeness (QED) is 0.858. The van der Waals surface area contributed by atoms with Gasteiger partial charge in [0.05, 0.1) is 5.52 Å². The van der Waals surface area contributed by atoms with Crippen molar-refractivity contribution in [1.29, 1.82) is 0 Å². The van der Waals surface area contributed by atoms with Crippen LogP contribution in [0.3, 0.4) is 0 Å². The molecule has 3 heteroatoms. The number of anilines is 2. The SMILES string of the molecule is CCCc1cc(NC)c2cc(N(CC)CC)ccc2n1. The summed E-state index contributed by atoms with van der Waals surface area (Å²) in [4.78, 5) is 7.13. The van der Waals surface area contributed by atoms with Crippen LogP contribution in [-0.4, -0.2) is 25.1 Å². The first-order chi connectivity index (χ1) is 9.73. The summed E-state index contributed by atoms with van der Waals surface area (Å²) in [6.07, 6.45) is 2.15. The number of rotatable bonds is 6. The van der Waals surface area contributed by atoms with Gasteiger partial charge in [0.2, 0.25) is 0 Å². The summed E-state index contributed by atoms with van der Waals surface area (Å²) in [6.45, 7) is 8.62. The minimum atomic E-state index is 1.03. The second-order valence-electron chi connectivity index (χ2n) is 5.03. The number of aromatic nitrogens is 1. The van der Waals surface area contributed by atoms with Crippen LogP contribution in [-0.2, 0) is 6.42 Å². The highest BCUT2D eigenvalue weighted by atomic mass is 15.1. The molecule has 0 aliphatic rings. The van der Waals surface area contributed by atoms with Gasteiger partial charge in [-0.15, -0.1) is 0 Å². The smallest absolute Gasteiger partial charge is 0.0727 e. The predicted octanol–water partition coefficient (Wildman–Crippen LogP) is 4.08. The Hall–Kier alpha value is -1.77. The van der Waals surface area contributed by atoms with E-state index in [1.165, 1.54) is 22.5 Å². The van der Waals surface area contributed by atoms with Crippen molar-refractivity contribution in [3.8, 4) is 0 Å². The highest BCUT2D eigenvalue weighted by Crippen LogP contribution is 2.28. The van der Waals surface area contributed by atoms with Crippen LogP contribution in [0.5, 0.6) is 0 Å². The van der Waals surface area contributed by atoms with Gasteiger partial charge in [-0.2, -0.15) is 0 Å². The number of nitrogens with zero attached hydrogens (tertiary/aromatic N) is 2. The van der Waals surface area contributed by atoms with Crippen LogP contribution in [0.1, 0.15) is 32.9 Å². The Labute approximate surface area is 122 Å². The summed E-state index contributed by atoms with van der Waals surface area (Å²) in [6, 6.07) is 8.75. The molecule has 1 aromatic heterocycles. The second kappa shape index (κ2) is 6.60. The predicted molar refractivity (Wildman–Crippen MR) is 88.8 cm³/mol. The zero-order valence-electron chi connectivity index (χ0n) is 13.0. The third-order valence-corrected chi connectivity index (χ3v) is 3.75. The number of pyridine rings is 1. The second-order valence-corrected chi connectivity index (χ2v) is 5.03. The van der Waals surface area contributed by atoms with Gasteiger partial charge >= 0.3 is 0 Å². The van der Waals surface area contributed by atoms with Gasteiger partial charge < -0.3 is 10.2 Å². The molecule has 0 bridgehead atoms. The lowest BCUT2D eigenvalue weighted by Crippen LogP contribution is -2.21. The van der Waals surface area contributed by atoms with Crippen LogP contribution in [0.2, 0.25) is 0 Å². The topological polar surface area (TPSA) is 28.2 Å². The van der Waals surface area contributed by atoms with Crippen LogP contribution in [0.15, 0.2) is 24.3 Å². The fraction of sp³-hybridized carbons (Fsp3) is 0.471. The highest BCUT2D eigenvalue weighted by molar-refractivity contribution is 5.93. The Bertz CT molecular complexity index is 574. The van der Waals surface area contributed by atoms with Gasteiger partial charge in [-0.25, -0.2) is 0 Å². The zero-order valence-corrected chi connectivity index (χ0v) is 13.0. The van der Waals surface area contributed by atoms with Crippen LogP contribution >= 0.6 is 0 Å². The number of benzene rings is 1. The van der Waals surface area contributed by atoms with Gasteiger partial charge in [0.15, 0.2) is 0 Å². The van der Waals surface area contributed by atoms with Gasteiger partial charge in [0.1, 0.15) is 0 Å².